The number of aromatic amines is 1. The highest BCUT2D eigenvalue weighted by Gasteiger charge is 2.19. The molecule has 90 valence electrons. The molecule has 2 rings (SSSR count). The molecule has 0 saturated carbocycles. The van der Waals surface area contributed by atoms with Crippen LogP contribution in [0.4, 0.5) is 0 Å². The zero-order chi connectivity index (χ0) is 12.4. The molecule has 0 saturated heterocycles. The lowest BCUT2D eigenvalue weighted by Gasteiger charge is -2.01. The van der Waals surface area contributed by atoms with E-state index in [2.05, 4.69) is 27.6 Å². The summed E-state index contributed by atoms with van der Waals surface area (Å²) in [6.45, 7) is 2.15. The van der Waals surface area contributed by atoms with Crippen LogP contribution >= 0.6 is 22.6 Å². The molecule has 0 aliphatic heterocycles. The zero-order valence-corrected chi connectivity index (χ0v) is 11.7. The molecule has 0 radical (unpaired) electrons. The highest BCUT2D eigenvalue weighted by Crippen LogP contribution is 2.32. The number of rotatable bonds is 3. The van der Waals surface area contributed by atoms with Crippen LogP contribution < -0.4 is 4.74 Å². The van der Waals surface area contributed by atoms with Crippen molar-refractivity contribution in [2.75, 3.05) is 13.7 Å². The molecular formula is C12H12INO3. The molecule has 0 fully saturated rings. The number of H-pyrrole nitrogens is 1. The van der Waals surface area contributed by atoms with Crippen molar-refractivity contribution in [3.63, 3.8) is 0 Å². The van der Waals surface area contributed by atoms with Crippen molar-refractivity contribution in [1.29, 1.82) is 0 Å². The molecule has 1 aromatic carbocycles. The number of esters is 1. The summed E-state index contributed by atoms with van der Waals surface area (Å²) in [7, 11) is 1.61. The van der Waals surface area contributed by atoms with E-state index >= 15 is 0 Å². The Labute approximate surface area is 112 Å². The maximum absolute atomic E-state index is 11.7. The second kappa shape index (κ2) is 4.95. The molecule has 0 spiro atoms. The summed E-state index contributed by atoms with van der Waals surface area (Å²) >= 11 is 2.13. The normalized spacial score (nSPS) is 10.5. The number of halogens is 1. The van der Waals surface area contributed by atoms with Gasteiger partial charge in [-0.15, -0.1) is 0 Å². The lowest BCUT2D eigenvalue weighted by atomic mass is 10.2. The van der Waals surface area contributed by atoms with Crippen molar-refractivity contribution in [1.82, 2.24) is 4.98 Å². The number of nitrogens with one attached hydrogen (secondary N) is 1. The Bertz CT molecular complexity index is 562. The van der Waals surface area contributed by atoms with Crippen molar-refractivity contribution in [3.05, 3.63) is 27.5 Å². The van der Waals surface area contributed by atoms with Crippen LogP contribution in [0.1, 0.15) is 17.4 Å². The molecule has 0 aliphatic carbocycles. The van der Waals surface area contributed by atoms with E-state index in [1.165, 1.54) is 0 Å². The Morgan fingerprint density at radius 2 is 2.24 bits per heavy atom. The fraction of sp³-hybridized carbons (Fsp3) is 0.250. The molecule has 0 unspecified atom stereocenters. The molecule has 4 nitrogen and oxygen atoms in total. The van der Waals surface area contributed by atoms with Crippen LogP contribution in [0, 0.1) is 3.57 Å². The third-order valence-electron chi connectivity index (χ3n) is 2.42. The number of hydrogen-bond donors (Lipinski definition) is 1. The standard InChI is InChI=1S/C12H12INO3/c1-3-17-12(15)11-10(13)9-7(14-11)5-4-6-8(9)16-2/h4-6,14H,3H2,1-2H3. The largest absolute Gasteiger partial charge is 0.496 e. The SMILES string of the molecule is CCOC(=O)c1[nH]c2cccc(OC)c2c1I. The van der Waals surface area contributed by atoms with Gasteiger partial charge in [0.15, 0.2) is 0 Å². The zero-order valence-electron chi connectivity index (χ0n) is 9.54. The first-order valence-electron chi connectivity index (χ1n) is 5.20. The number of methoxy groups -OCH3 is 1. The highest BCUT2D eigenvalue weighted by molar-refractivity contribution is 14.1. The molecule has 1 heterocycles. The number of fused-ring (bicyclic) bond motifs is 1. The molecule has 0 amide bonds. The number of benzene rings is 1. The van der Waals surface area contributed by atoms with Crippen LogP contribution in [0.25, 0.3) is 10.9 Å². The molecule has 0 aliphatic rings. The van der Waals surface area contributed by atoms with E-state index in [0.717, 1.165) is 20.2 Å². The van der Waals surface area contributed by atoms with Crippen LogP contribution in [0.2, 0.25) is 0 Å². The summed E-state index contributed by atoms with van der Waals surface area (Å²) in [6.07, 6.45) is 0. The maximum Gasteiger partial charge on any atom is 0.355 e. The summed E-state index contributed by atoms with van der Waals surface area (Å²) in [6, 6.07) is 5.65. The lowest BCUT2D eigenvalue weighted by molar-refractivity contribution is 0.0519. The van der Waals surface area contributed by atoms with Crippen molar-refractivity contribution < 1.29 is 14.3 Å². The van der Waals surface area contributed by atoms with E-state index in [1.54, 1.807) is 14.0 Å². The summed E-state index contributed by atoms with van der Waals surface area (Å²) in [5, 5.41) is 0.915. The van der Waals surface area contributed by atoms with Crippen LogP contribution in [-0.2, 0) is 4.74 Å². The van der Waals surface area contributed by atoms with Gasteiger partial charge in [-0.1, -0.05) is 6.07 Å². The van der Waals surface area contributed by atoms with Gasteiger partial charge in [0, 0.05) is 0 Å². The second-order valence-electron chi connectivity index (χ2n) is 3.42. The van der Waals surface area contributed by atoms with Gasteiger partial charge in [0.1, 0.15) is 11.4 Å². The van der Waals surface area contributed by atoms with Gasteiger partial charge in [-0.05, 0) is 41.6 Å². The van der Waals surface area contributed by atoms with Gasteiger partial charge in [-0.2, -0.15) is 0 Å². The first-order chi connectivity index (χ1) is 8.19. The molecule has 17 heavy (non-hydrogen) atoms. The van der Waals surface area contributed by atoms with Crippen LogP contribution in [0.15, 0.2) is 18.2 Å². The van der Waals surface area contributed by atoms with E-state index in [-0.39, 0.29) is 5.97 Å². The third-order valence-corrected chi connectivity index (χ3v) is 3.50. The predicted molar refractivity (Wildman–Crippen MR) is 73.5 cm³/mol. The summed E-state index contributed by atoms with van der Waals surface area (Å²) < 4.78 is 11.1. The fourth-order valence-electron chi connectivity index (χ4n) is 1.69. The van der Waals surface area contributed by atoms with Crippen molar-refractivity contribution in [2.45, 2.75) is 6.92 Å². The Balaban J connectivity index is 2.61. The quantitative estimate of drug-likeness (QED) is 0.687. The van der Waals surface area contributed by atoms with Gasteiger partial charge in [0.2, 0.25) is 0 Å². The summed E-state index contributed by atoms with van der Waals surface area (Å²) in [4.78, 5) is 14.8. The van der Waals surface area contributed by atoms with Crippen molar-refractivity contribution >= 4 is 39.5 Å². The Morgan fingerprint density at radius 1 is 1.47 bits per heavy atom. The van der Waals surface area contributed by atoms with Crippen molar-refractivity contribution in [2.24, 2.45) is 0 Å². The van der Waals surface area contributed by atoms with Gasteiger partial charge >= 0.3 is 5.97 Å². The highest BCUT2D eigenvalue weighted by atomic mass is 127. The minimum atomic E-state index is -0.338. The minimum Gasteiger partial charge on any atom is -0.496 e. The van der Waals surface area contributed by atoms with E-state index in [9.17, 15) is 4.79 Å². The monoisotopic (exact) mass is 345 g/mol. The van der Waals surface area contributed by atoms with Gasteiger partial charge in [-0.25, -0.2) is 4.79 Å². The third kappa shape index (κ3) is 2.11. The number of carbonyl (C=O) groups is 1. The predicted octanol–water partition coefficient (Wildman–Crippen LogP) is 2.96. The Hall–Kier alpha value is -1.24. The van der Waals surface area contributed by atoms with Gasteiger partial charge in [0.25, 0.3) is 0 Å². The van der Waals surface area contributed by atoms with E-state index < -0.39 is 0 Å². The average molecular weight is 345 g/mol. The smallest absolute Gasteiger partial charge is 0.355 e. The Kier molecular flexibility index (Phi) is 3.56. The average Bonchev–Trinajstić information content (AvgIpc) is 2.67. The second-order valence-corrected chi connectivity index (χ2v) is 4.50. The number of ether oxygens (including phenoxy) is 2. The molecule has 0 bridgehead atoms. The number of hydrogen-bond acceptors (Lipinski definition) is 3. The minimum absolute atomic E-state index is 0.338. The van der Waals surface area contributed by atoms with Crippen LogP contribution in [0.3, 0.4) is 0 Å². The fourth-order valence-corrected chi connectivity index (χ4v) is 2.60. The van der Waals surface area contributed by atoms with E-state index in [1.807, 2.05) is 18.2 Å². The lowest BCUT2D eigenvalue weighted by Crippen LogP contribution is -2.06. The molecule has 0 atom stereocenters. The van der Waals surface area contributed by atoms with Crippen LogP contribution in [-0.4, -0.2) is 24.7 Å². The summed E-state index contributed by atoms with van der Waals surface area (Å²) in [5.41, 5.74) is 1.35. The summed E-state index contributed by atoms with van der Waals surface area (Å²) in [5.74, 6) is 0.411. The van der Waals surface area contributed by atoms with E-state index in [4.69, 9.17) is 9.47 Å². The molecule has 1 N–H and O–H groups in total. The first kappa shape index (κ1) is 12.2. The Morgan fingerprint density at radius 3 is 2.88 bits per heavy atom. The van der Waals surface area contributed by atoms with Crippen LogP contribution in [0.5, 0.6) is 5.75 Å². The molecular weight excluding hydrogens is 333 g/mol. The van der Waals surface area contributed by atoms with E-state index in [0.29, 0.717) is 12.3 Å². The number of carbonyl (C=O) groups excluding carboxylic acids is 1. The molecule has 5 heteroatoms. The topological polar surface area (TPSA) is 51.3 Å². The van der Waals surface area contributed by atoms with Gasteiger partial charge in [0.05, 0.1) is 28.2 Å². The van der Waals surface area contributed by atoms with Gasteiger partial charge < -0.3 is 14.5 Å². The maximum atomic E-state index is 11.7. The molecule has 1 aromatic heterocycles. The molecule has 2 aromatic rings. The first-order valence-corrected chi connectivity index (χ1v) is 6.28. The van der Waals surface area contributed by atoms with Gasteiger partial charge in [-0.3, -0.25) is 0 Å². The van der Waals surface area contributed by atoms with Crippen molar-refractivity contribution in [3.8, 4) is 5.75 Å². The number of aromatic nitrogens is 1.